The van der Waals surface area contributed by atoms with E-state index in [1.807, 2.05) is 0 Å². The predicted molar refractivity (Wildman–Crippen MR) is 282 cm³/mol. The zero-order chi connectivity index (χ0) is 49.2. The van der Waals surface area contributed by atoms with Crippen LogP contribution < -0.4 is 5.11 Å². The number of carboxylic acids is 1. The van der Waals surface area contributed by atoms with Crippen molar-refractivity contribution >= 4 is 17.9 Å². The molecule has 0 aliphatic rings. The second-order valence-corrected chi connectivity index (χ2v) is 19.8. The number of esters is 2. The molecule has 0 saturated heterocycles. The van der Waals surface area contributed by atoms with Gasteiger partial charge in [0, 0.05) is 19.3 Å². The number of allylic oxidation sites excluding steroid dienone is 10. The average Bonchev–Trinajstić information content (AvgIpc) is 3.29. The summed E-state index contributed by atoms with van der Waals surface area (Å²) in [6.45, 7) is 4.62. The van der Waals surface area contributed by atoms with Gasteiger partial charge in [0.05, 0.1) is 40.3 Å². The van der Waals surface area contributed by atoms with Crippen molar-refractivity contribution in [2.45, 2.75) is 257 Å². The Bertz CT molecular complexity index is 1280. The summed E-state index contributed by atoms with van der Waals surface area (Å²) in [6, 6.07) is -0.734. The van der Waals surface area contributed by atoms with Crippen LogP contribution in [0.25, 0.3) is 0 Å². The van der Waals surface area contributed by atoms with Gasteiger partial charge in [-0.05, 0) is 64.2 Å². The van der Waals surface area contributed by atoms with Gasteiger partial charge in [-0.15, -0.1) is 0 Å². The Morgan fingerprint density at radius 3 is 1.19 bits per heavy atom. The standard InChI is InChI=1S/C59H105NO7/c1-6-8-10-12-14-16-18-20-22-24-26-28-30-32-34-36-38-40-42-44-46-48-50-58(62)67-55(53-65-52-51-56(59(63)64)60(3,4)5)54-66-57(61)49-47-45-43-41-39-37-35-33-31-29-27-25-23-21-19-17-15-13-11-9-7-2/h15,17,21,23,27,29,33,35,39,41,55-56H,6-14,16,18-20,22,24-26,28,30-32,34,36-38,40,42-54H2,1-5H3/b17-15+,23-21+,29-27+,35-33+,41-39+. The maximum atomic E-state index is 12.8. The van der Waals surface area contributed by atoms with Gasteiger partial charge in [0.1, 0.15) is 12.6 Å². The largest absolute Gasteiger partial charge is 0.544 e. The van der Waals surface area contributed by atoms with E-state index < -0.39 is 18.1 Å². The lowest BCUT2D eigenvalue weighted by Crippen LogP contribution is -2.55. The van der Waals surface area contributed by atoms with Crippen LogP contribution in [-0.2, 0) is 28.6 Å². The Morgan fingerprint density at radius 2 is 0.791 bits per heavy atom. The van der Waals surface area contributed by atoms with Crippen LogP contribution in [0.15, 0.2) is 60.8 Å². The number of rotatable bonds is 50. The van der Waals surface area contributed by atoms with Crippen molar-refractivity contribution in [3.05, 3.63) is 60.8 Å². The van der Waals surface area contributed by atoms with Gasteiger partial charge in [0.15, 0.2) is 6.10 Å². The summed E-state index contributed by atoms with van der Waals surface area (Å²) in [5.41, 5.74) is 0. The van der Waals surface area contributed by atoms with E-state index in [1.54, 1.807) is 21.1 Å². The molecule has 0 amide bonds. The van der Waals surface area contributed by atoms with Crippen LogP contribution in [0, 0.1) is 0 Å². The van der Waals surface area contributed by atoms with Crippen LogP contribution in [0.5, 0.6) is 0 Å². The number of aliphatic carboxylic acids is 1. The first kappa shape index (κ1) is 64.0. The van der Waals surface area contributed by atoms with Crippen molar-refractivity contribution in [3.8, 4) is 0 Å². The topological polar surface area (TPSA) is 102 Å². The third-order valence-electron chi connectivity index (χ3n) is 12.4. The van der Waals surface area contributed by atoms with Crippen molar-refractivity contribution in [2.24, 2.45) is 0 Å². The quantitative estimate of drug-likeness (QED) is 0.0259. The van der Waals surface area contributed by atoms with Crippen LogP contribution in [0.1, 0.15) is 245 Å². The molecule has 0 aliphatic heterocycles. The smallest absolute Gasteiger partial charge is 0.306 e. The van der Waals surface area contributed by atoms with Crippen molar-refractivity contribution in [3.63, 3.8) is 0 Å². The number of likely N-dealkylation sites (N-methyl/N-ethyl adjacent to an activating group) is 1. The van der Waals surface area contributed by atoms with Gasteiger partial charge in [0.25, 0.3) is 0 Å². The van der Waals surface area contributed by atoms with E-state index in [0.717, 1.165) is 57.8 Å². The number of carbonyl (C=O) groups excluding carboxylic acids is 3. The number of hydrogen-bond acceptors (Lipinski definition) is 7. The van der Waals surface area contributed by atoms with Crippen molar-refractivity contribution in [2.75, 3.05) is 41.0 Å². The molecule has 0 N–H and O–H groups in total. The molecule has 0 bridgehead atoms. The number of hydrogen-bond donors (Lipinski definition) is 0. The SMILES string of the molecule is CCCCC/C=C/C/C=C/C/C=C/C/C=C/C/C=C/CCCCC(=O)OCC(COCCC(C(=O)[O-])[N+](C)(C)C)OC(=O)CCCCCCCCCCCCCCCCCCCCCCCC. The first-order valence-corrected chi connectivity index (χ1v) is 27.8. The summed E-state index contributed by atoms with van der Waals surface area (Å²) < 4.78 is 17.2. The highest BCUT2D eigenvalue weighted by molar-refractivity contribution is 5.70. The fourth-order valence-corrected chi connectivity index (χ4v) is 8.09. The molecule has 0 aromatic carbocycles. The lowest BCUT2D eigenvalue weighted by molar-refractivity contribution is -0.889. The van der Waals surface area contributed by atoms with Crippen LogP contribution in [0.2, 0.25) is 0 Å². The Hall–Kier alpha value is -2.97. The van der Waals surface area contributed by atoms with Crippen molar-refractivity contribution in [1.29, 1.82) is 0 Å². The Labute approximate surface area is 413 Å². The molecule has 0 radical (unpaired) electrons. The zero-order valence-corrected chi connectivity index (χ0v) is 44.3. The van der Waals surface area contributed by atoms with E-state index in [2.05, 4.69) is 74.6 Å². The Kier molecular flexibility index (Phi) is 47.3. The molecule has 0 aliphatic carbocycles. The van der Waals surface area contributed by atoms with Crippen molar-refractivity contribution < 1.29 is 38.2 Å². The minimum atomic E-state index is -1.13. The zero-order valence-electron chi connectivity index (χ0n) is 44.3. The average molecular weight is 940 g/mol. The highest BCUT2D eigenvalue weighted by atomic mass is 16.6. The maximum absolute atomic E-state index is 12.8. The lowest BCUT2D eigenvalue weighted by atomic mass is 10.0. The van der Waals surface area contributed by atoms with E-state index in [9.17, 15) is 19.5 Å². The highest BCUT2D eigenvalue weighted by Crippen LogP contribution is 2.16. The van der Waals surface area contributed by atoms with E-state index in [-0.39, 0.29) is 42.7 Å². The molecular weight excluding hydrogens is 835 g/mol. The minimum absolute atomic E-state index is 0.0273. The van der Waals surface area contributed by atoms with Gasteiger partial charge in [-0.25, -0.2) is 0 Å². The van der Waals surface area contributed by atoms with Crippen LogP contribution in [0.4, 0.5) is 0 Å². The number of unbranched alkanes of at least 4 members (excludes halogenated alkanes) is 26. The molecular formula is C59H105NO7. The minimum Gasteiger partial charge on any atom is -0.544 e. The normalized spacial score (nSPS) is 13.3. The lowest BCUT2D eigenvalue weighted by Gasteiger charge is -2.34. The van der Waals surface area contributed by atoms with Gasteiger partial charge in [-0.2, -0.15) is 0 Å². The Balaban J connectivity index is 4.26. The van der Waals surface area contributed by atoms with E-state index in [0.29, 0.717) is 19.3 Å². The van der Waals surface area contributed by atoms with Crippen LogP contribution in [0.3, 0.4) is 0 Å². The summed E-state index contributed by atoms with van der Waals surface area (Å²) in [5, 5.41) is 11.7. The molecule has 2 atom stereocenters. The van der Waals surface area contributed by atoms with Gasteiger partial charge in [-0.1, -0.05) is 222 Å². The maximum Gasteiger partial charge on any atom is 0.306 e. The number of carbonyl (C=O) groups is 3. The first-order chi connectivity index (χ1) is 32.6. The molecule has 0 aromatic heterocycles. The number of carboxylic acid groups (broad SMARTS) is 1. The van der Waals surface area contributed by atoms with Crippen molar-refractivity contribution in [1.82, 2.24) is 0 Å². The third-order valence-corrected chi connectivity index (χ3v) is 12.4. The summed E-state index contributed by atoms with van der Waals surface area (Å²) in [7, 11) is 5.41. The second-order valence-electron chi connectivity index (χ2n) is 19.8. The molecule has 2 unspecified atom stereocenters. The van der Waals surface area contributed by atoms with Gasteiger partial charge >= 0.3 is 11.9 Å². The molecule has 0 aromatic rings. The van der Waals surface area contributed by atoms with Gasteiger partial charge in [0.2, 0.25) is 0 Å². The predicted octanol–water partition coefficient (Wildman–Crippen LogP) is 15.1. The molecule has 8 nitrogen and oxygen atoms in total. The molecule has 0 rings (SSSR count). The fourth-order valence-electron chi connectivity index (χ4n) is 8.09. The van der Waals surface area contributed by atoms with Crippen LogP contribution >= 0.6 is 0 Å². The number of quaternary nitrogens is 1. The molecule has 0 spiro atoms. The van der Waals surface area contributed by atoms with Crippen LogP contribution in [-0.4, -0.2) is 75.5 Å². The van der Waals surface area contributed by atoms with E-state index in [4.69, 9.17) is 14.2 Å². The summed E-state index contributed by atoms with van der Waals surface area (Å²) in [4.78, 5) is 37.1. The number of ether oxygens (including phenoxy) is 3. The summed E-state index contributed by atoms with van der Waals surface area (Å²) in [5.74, 6) is -1.78. The highest BCUT2D eigenvalue weighted by Gasteiger charge is 2.25. The summed E-state index contributed by atoms with van der Waals surface area (Å²) >= 11 is 0. The van der Waals surface area contributed by atoms with Gasteiger partial charge < -0.3 is 28.6 Å². The second kappa shape index (κ2) is 49.5. The fraction of sp³-hybridized carbons (Fsp3) is 0.780. The molecule has 67 heavy (non-hydrogen) atoms. The van der Waals surface area contributed by atoms with Gasteiger partial charge in [-0.3, -0.25) is 9.59 Å². The molecule has 8 heteroatoms. The summed E-state index contributed by atoms with van der Waals surface area (Å²) in [6.07, 6.45) is 62.6. The van der Waals surface area contributed by atoms with E-state index in [1.165, 1.54) is 148 Å². The Morgan fingerprint density at radius 1 is 0.448 bits per heavy atom. The molecule has 0 saturated carbocycles. The molecule has 0 heterocycles. The monoisotopic (exact) mass is 940 g/mol. The first-order valence-electron chi connectivity index (χ1n) is 27.8. The number of nitrogens with zero attached hydrogens (tertiary/aromatic N) is 1. The van der Waals surface area contributed by atoms with E-state index >= 15 is 0 Å². The molecule has 388 valence electrons. The third kappa shape index (κ3) is 47.9. The molecule has 0 fully saturated rings.